The molecule has 1 heterocycles. The molecule has 0 bridgehead atoms. The molecule has 3 aromatic carbocycles. The van der Waals surface area contributed by atoms with Crippen LogP contribution in [-0.4, -0.2) is 57.5 Å². The highest BCUT2D eigenvalue weighted by Gasteiger charge is 2.31. The molecule has 10 heteroatoms. The molecule has 1 fully saturated rings. The third-order valence-electron chi connectivity index (χ3n) is 6.27. The predicted octanol–water partition coefficient (Wildman–Crippen LogP) is 4.11. The van der Waals surface area contributed by atoms with Crippen molar-refractivity contribution in [2.45, 2.75) is 17.6 Å². The van der Waals surface area contributed by atoms with Crippen LogP contribution in [0.3, 0.4) is 0 Å². The molecule has 194 valence electrons. The molecule has 1 saturated heterocycles. The number of methoxy groups -OCH3 is 1. The molecule has 0 unspecified atom stereocenters. The van der Waals surface area contributed by atoms with Crippen molar-refractivity contribution in [3.05, 3.63) is 95.1 Å². The molecule has 0 radical (unpaired) electrons. The van der Waals surface area contributed by atoms with Gasteiger partial charge in [-0.05, 0) is 47.5 Å². The van der Waals surface area contributed by atoms with E-state index in [1.165, 1.54) is 4.31 Å². The first-order valence-corrected chi connectivity index (χ1v) is 13.2. The molecule has 1 aliphatic heterocycles. The van der Waals surface area contributed by atoms with Gasteiger partial charge in [0, 0.05) is 38.8 Å². The summed E-state index contributed by atoms with van der Waals surface area (Å²) in [6.45, 7) is 2.00. The summed E-state index contributed by atoms with van der Waals surface area (Å²) in [5.41, 5.74) is 2.40. The molecule has 7 nitrogen and oxygen atoms in total. The zero-order chi connectivity index (χ0) is 26.4. The first kappa shape index (κ1) is 26.7. The highest BCUT2D eigenvalue weighted by atomic mass is 32.2. The van der Waals surface area contributed by atoms with E-state index in [1.807, 2.05) is 36.4 Å². The summed E-state index contributed by atoms with van der Waals surface area (Å²) in [4.78, 5) is 1.57. The molecule has 0 spiro atoms. The number of ether oxygens (including phenoxy) is 2. The van der Waals surface area contributed by atoms with Crippen molar-refractivity contribution < 1.29 is 26.7 Å². The van der Waals surface area contributed by atoms with Crippen molar-refractivity contribution in [3.63, 3.8) is 0 Å². The summed E-state index contributed by atoms with van der Waals surface area (Å²) < 4.78 is 66.2. The van der Waals surface area contributed by atoms with Gasteiger partial charge in [-0.1, -0.05) is 24.3 Å². The number of nitriles is 1. The highest BCUT2D eigenvalue weighted by molar-refractivity contribution is 7.89. The van der Waals surface area contributed by atoms with Crippen molar-refractivity contribution in [1.29, 1.82) is 5.26 Å². The maximum Gasteiger partial charge on any atom is 0.246 e. The summed E-state index contributed by atoms with van der Waals surface area (Å²) in [7, 11) is -2.49. The van der Waals surface area contributed by atoms with Gasteiger partial charge in [0.05, 0.1) is 31.5 Å². The summed E-state index contributed by atoms with van der Waals surface area (Å²) >= 11 is 0. The standard InChI is InChI=1S/C27H27F2N3O4S/c1-35-24-4-2-3-22(15-24)26(36-19-21-7-5-20(17-30)6-8-21)18-31-11-13-32(14-12-31)37(33,34)27-10-9-23(28)16-25(27)29/h2-10,15-16,26H,11-14,18-19H2,1H3/t26-/m0/s1. The lowest BCUT2D eigenvalue weighted by molar-refractivity contribution is 0.00762. The monoisotopic (exact) mass is 527 g/mol. The predicted molar refractivity (Wildman–Crippen MR) is 133 cm³/mol. The van der Waals surface area contributed by atoms with Gasteiger partial charge < -0.3 is 9.47 Å². The van der Waals surface area contributed by atoms with E-state index < -0.39 is 26.6 Å². The van der Waals surface area contributed by atoms with Gasteiger partial charge in [-0.15, -0.1) is 0 Å². The average Bonchev–Trinajstić information content (AvgIpc) is 2.91. The van der Waals surface area contributed by atoms with Gasteiger partial charge >= 0.3 is 0 Å². The van der Waals surface area contributed by atoms with Crippen LogP contribution in [0.15, 0.2) is 71.6 Å². The molecule has 1 aliphatic rings. The second-order valence-electron chi connectivity index (χ2n) is 8.66. The van der Waals surface area contributed by atoms with E-state index in [0.29, 0.717) is 43.6 Å². The molecule has 0 N–H and O–H groups in total. The second-order valence-corrected chi connectivity index (χ2v) is 10.6. The third kappa shape index (κ3) is 6.50. The van der Waals surface area contributed by atoms with Gasteiger partial charge in [0.15, 0.2) is 0 Å². The number of sulfonamides is 1. The smallest absolute Gasteiger partial charge is 0.246 e. The summed E-state index contributed by atoms with van der Waals surface area (Å²) in [6.07, 6.45) is -0.330. The van der Waals surface area contributed by atoms with E-state index in [2.05, 4.69) is 11.0 Å². The van der Waals surface area contributed by atoms with Crippen molar-refractivity contribution in [1.82, 2.24) is 9.21 Å². The molecular weight excluding hydrogens is 500 g/mol. The van der Waals surface area contributed by atoms with Crippen molar-refractivity contribution in [2.75, 3.05) is 39.8 Å². The fourth-order valence-corrected chi connectivity index (χ4v) is 5.65. The number of nitrogens with zero attached hydrogens (tertiary/aromatic N) is 3. The lowest BCUT2D eigenvalue weighted by atomic mass is 10.1. The van der Waals surface area contributed by atoms with Gasteiger partial charge in [-0.2, -0.15) is 9.57 Å². The molecule has 0 saturated carbocycles. The minimum absolute atomic E-state index is 0.166. The van der Waals surface area contributed by atoms with Crippen molar-refractivity contribution in [2.24, 2.45) is 0 Å². The Kier molecular flexibility index (Phi) is 8.51. The Morgan fingerprint density at radius 2 is 1.73 bits per heavy atom. The molecule has 0 aromatic heterocycles. The maximum absolute atomic E-state index is 14.2. The molecular formula is C27H27F2N3O4S. The average molecular weight is 528 g/mol. The molecule has 0 amide bonds. The van der Waals surface area contributed by atoms with Crippen LogP contribution in [-0.2, 0) is 21.4 Å². The topological polar surface area (TPSA) is 82.9 Å². The van der Waals surface area contributed by atoms with Crippen LogP contribution in [0, 0.1) is 23.0 Å². The summed E-state index contributed by atoms with van der Waals surface area (Å²) in [5.74, 6) is -1.23. The zero-order valence-electron chi connectivity index (χ0n) is 20.3. The maximum atomic E-state index is 14.2. The van der Waals surface area contributed by atoms with E-state index in [-0.39, 0.29) is 19.2 Å². The van der Waals surface area contributed by atoms with Crippen molar-refractivity contribution >= 4 is 10.0 Å². The van der Waals surface area contributed by atoms with E-state index in [9.17, 15) is 17.2 Å². The molecule has 0 aliphatic carbocycles. The van der Waals surface area contributed by atoms with E-state index in [4.69, 9.17) is 14.7 Å². The largest absolute Gasteiger partial charge is 0.497 e. The number of hydrogen-bond acceptors (Lipinski definition) is 6. The van der Waals surface area contributed by atoms with Crippen LogP contribution >= 0.6 is 0 Å². The Labute approximate surface area is 215 Å². The first-order chi connectivity index (χ1) is 17.8. The van der Waals surface area contributed by atoms with Gasteiger partial charge in [-0.25, -0.2) is 17.2 Å². The summed E-state index contributed by atoms with van der Waals surface area (Å²) in [5, 5.41) is 9.01. The Morgan fingerprint density at radius 3 is 2.38 bits per heavy atom. The van der Waals surface area contributed by atoms with E-state index in [0.717, 1.165) is 23.3 Å². The SMILES string of the molecule is COc1cccc([C@H](CN2CCN(S(=O)(=O)c3ccc(F)cc3F)CC2)OCc2ccc(C#N)cc2)c1. The van der Waals surface area contributed by atoms with E-state index in [1.54, 1.807) is 19.2 Å². The minimum Gasteiger partial charge on any atom is -0.497 e. The van der Waals surface area contributed by atoms with Crippen LogP contribution < -0.4 is 4.74 Å². The van der Waals surface area contributed by atoms with Crippen molar-refractivity contribution in [3.8, 4) is 11.8 Å². The Bertz CT molecular complexity index is 1370. The van der Waals surface area contributed by atoms with Crippen LogP contribution in [0.5, 0.6) is 5.75 Å². The zero-order valence-corrected chi connectivity index (χ0v) is 21.1. The number of benzene rings is 3. The third-order valence-corrected chi connectivity index (χ3v) is 8.20. The Hall–Kier alpha value is -3.36. The number of halogens is 2. The lowest BCUT2D eigenvalue weighted by Crippen LogP contribution is -2.49. The number of hydrogen-bond donors (Lipinski definition) is 0. The number of piperazine rings is 1. The highest BCUT2D eigenvalue weighted by Crippen LogP contribution is 2.26. The summed E-state index contributed by atoms with van der Waals surface area (Å²) in [6, 6.07) is 19.3. The Balaban J connectivity index is 1.44. The molecule has 4 rings (SSSR count). The second kappa shape index (κ2) is 11.8. The normalized spacial score (nSPS) is 15.7. The lowest BCUT2D eigenvalue weighted by Gasteiger charge is -2.36. The van der Waals surface area contributed by atoms with Crippen LogP contribution in [0.1, 0.15) is 22.8 Å². The fourth-order valence-electron chi connectivity index (χ4n) is 4.18. The molecule has 37 heavy (non-hydrogen) atoms. The quantitative estimate of drug-likeness (QED) is 0.417. The van der Waals surface area contributed by atoms with Gasteiger partial charge in [-0.3, -0.25) is 4.90 Å². The van der Waals surface area contributed by atoms with Crippen LogP contribution in [0.4, 0.5) is 8.78 Å². The Morgan fingerprint density at radius 1 is 1.00 bits per heavy atom. The van der Waals surface area contributed by atoms with E-state index >= 15 is 0 Å². The van der Waals surface area contributed by atoms with Gasteiger partial charge in [0.1, 0.15) is 22.3 Å². The first-order valence-electron chi connectivity index (χ1n) is 11.7. The van der Waals surface area contributed by atoms with Gasteiger partial charge in [0.2, 0.25) is 10.0 Å². The van der Waals surface area contributed by atoms with Crippen LogP contribution in [0.2, 0.25) is 0 Å². The fraction of sp³-hybridized carbons (Fsp3) is 0.296. The van der Waals surface area contributed by atoms with Crippen LogP contribution in [0.25, 0.3) is 0 Å². The molecule has 1 atom stereocenters. The van der Waals surface area contributed by atoms with Gasteiger partial charge in [0.25, 0.3) is 0 Å². The number of rotatable bonds is 9. The minimum atomic E-state index is -4.08. The molecule has 3 aromatic rings.